The number of carbonyl (C=O) groups is 1. The first-order valence-electron chi connectivity index (χ1n) is 4.70. The van der Waals surface area contributed by atoms with E-state index in [9.17, 15) is 14.9 Å². The Hall–Kier alpha value is -2.55. The minimum absolute atomic E-state index is 0.0975. The largest absolute Gasteiger partial charge is 0.477 e. The van der Waals surface area contributed by atoms with Crippen LogP contribution < -0.4 is 5.32 Å². The van der Waals surface area contributed by atoms with Gasteiger partial charge in [-0.05, 0) is 19.1 Å². The van der Waals surface area contributed by atoms with Gasteiger partial charge in [0.05, 0.1) is 11.0 Å². The molecule has 0 amide bonds. The molecule has 0 fully saturated rings. The van der Waals surface area contributed by atoms with Crippen LogP contribution in [0.2, 0.25) is 0 Å². The zero-order chi connectivity index (χ0) is 13.0. The first-order chi connectivity index (χ1) is 7.97. The number of anilines is 1. The van der Waals surface area contributed by atoms with Gasteiger partial charge >= 0.3 is 11.7 Å². The SMILES string of the molecule is C#CC(C)Nc1cccc(C(=O)O)c1[N+](=O)[O-]. The molecule has 0 saturated heterocycles. The summed E-state index contributed by atoms with van der Waals surface area (Å²) in [6.45, 7) is 1.64. The van der Waals surface area contributed by atoms with E-state index in [2.05, 4.69) is 11.2 Å². The van der Waals surface area contributed by atoms with Crippen molar-refractivity contribution in [1.82, 2.24) is 0 Å². The molecular formula is C11H10N2O4. The number of nitrogens with one attached hydrogen (secondary N) is 1. The minimum atomic E-state index is -1.35. The molecule has 1 aromatic carbocycles. The van der Waals surface area contributed by atoms with Crippen LogP contribution in [0.1, 0.15) is 17.3 Å². The quantitative estimate of drug-likeness (QED) is 0.470. The van der Waals surface area contributed by atoms with Crippen LogP contribution in [0.15, 0.2) is 18.2 Å². The second-order valence-electron chi connectivity index (χ2n) is 3.30. The Morgan fingerprint density at radius 2 is 2.29 bits per heavy atom. The zero-order valence-electron chi connectivity index (χ0n) is 9.01. The van der Waals surface area contributed by atoms with E-state index < -0.39 is 22.6 Å². The number of carboxylic acids is 1. The van der Waals surface area contributed by atoms with Gasteiger partial charge in [-0.15, -0.1) is 6.42 Å². The van der Waals surface area contributed by atoms with Crippen molar-refractivity contribution in [2.75, 3.05) is 5.32 Å². The molecule has 0 heterocycles. The number of terminal acetylenes is 1. The number of nitro benzene ring substituents is 1. The molecule has 0 radical (unpaired) electrons. The number of benzene rings is 1. The molecule has 0 saturated carbocycles. The summed E-state index contributed by atoms with van der Waals surface area (Å²) in [6.07, 6.45) is 5.15. The number of nitro groups is 1. The van der Waals surface area contributed by atoms with Gasteiger partial charge in [0, 0.05) is 0 Å². The number of para-hydroxylation sites is 1. The summed E-state index contributed by atoms with van der Waals surface area (Å²) in [6, 6.07) is 3.57. The van der Waals surface area contributed by atoms with Crippen LogP contribution >= 0.6 is 0 Å². The van der Waals surface area contributed by atoms with Crippen LogP contribution in [0.5, 0.6) is 0 Å². The molecule has 0 aliphatic rings. The molecule has 17 heavy (non-hydrogen) atoms. The van der Waals surface area contributed by atoms with E-state index in [-0.39, 0.29) is 11.3 Å². The highest BCUT2D eigenvalue weighted by atomic mass is 16.6. The molecule has 0 spiro atoms. The van der Waals surface area contributed by atoms with Crippen LogP contribution in [0.3, 0.4) is 0 Å². The summed E-state index contributed by atoms with van der Waals surface area (Å²) in [5.74, 6) is 0.994. The third kappa shape index (κ3) is 2.72. The molecule has 0 aliphatic heterocycles. The number of nitrogens with zero attached hydrogens (tertiary/aromatic N) is 1. The topological polar surface area (TPSA) is 92.5 Å². The molecule has 1 unspecified atom stereocenters. The fourth-order valence-electron chi connectivity index (χ4n) is 1.30. The van der Waals surface area contributed by atoms with E-state index in [0.29, 0.717) is 0 Å². The molecule has 0 bridgehead atoms. The van der Waals surface area contributed by atoms with Gasteiger partial charge in [-0.1, -0.05) is 12.0 Å². The van der Waals surface area contributed by atoms with Crippen LogP contribution in [-0.4, -0.2) is 22.0 Å². The van der Waals surface area contributed by atoms with E-state index >= 15 is 0 Å². The van der Waals surface area contributed by atoms with Crippen LogP contribution in [-0.2, 0) is 0 Å². The summed E-state index contributed by atoms with van der Waals surface area (Å²) in [7, 11) is 0. The highest BCUT2D eigenvalue weighted by Gasteiger charge is 2.24. The van der Waals surface area contributed by atoms with Crippen molar-refractivity contribution in [3.05, 3.63) is 33.9 Å². The first kappa shape index (κ1) is 12.5. The normalized spacial score (nSPS) is 11.3. The third-order valence-electron chi connectivity index (χ3n) is 2.07. The minimum Gasteiger partial charge on any atom is -0.477 e. The maximum atomic E-state index is 10.9. The smallest absolute Gasteiger partial charge is 0.342 e. The molecule has 0 aliphatic carbocycles. The van der Waals surface area contributed by atoms with Crippen molar-refractivity contribution < 1.29 is 14.8 Å². The second-order valence-corrected chi connectivity index (χ2v) is 3.30. The lowest BCUT2D eigenvalue weighted by Gasteiger charge is -2.10. The van der Waals surface area contributed by atoms with Crippen molar-refractivity contribution in [1.29, 1.82) is 0 Å². The second kappa shape index (κ2) is 4.99. The Balaban J connectivity index is 3.31. The van der Waals surface area contributed by atoms with Crippen molar-refractivity contribution in [3.63, 3.8) is 0 Å². The van der Waals surface area contributed by atoms with Gasteiger partial charge in [0.1, 0.15) is 11.3 Å². The lowest BCUT2D eigenvalue weighted by atomic mass is 10.1. The van der Waals surface area contributed by atoms with Crippen LogP contribution in [0, 0.1) is 22.5 Å². The van der Waals surface area contributed by atoms with Crippen molar-refractivity contribution in [2.24, 2.45) is 0 Å². The van der Waals surface area contributed by atoms with E-state index in [4.69, 9.17) is 11.5 Å². The van der Waals surface area contributed by atoms with Gasteiger partial charge in [-0.2, -0.15) is 0 Å². The van der Waals surface area contributed by atoms with Gasteiger partial charge in [0.2, 0.25) is 0 Å². The monoisotopic (exact) mass is 234 g/mol. The lowest BCUT2D eigenvalue weighted by molar-refractivity contribution is -0.384. The summed E-state index contributed by atoms with van der Waals surface area (Å²) < 4.78 is 0. The van der Waals surface area contributed by atoms with E-state index in [1.165, 1.54) is 18.2 Å². The fraction of sp³-hybridized carbons (Fsp3) is 0.182. The maximum absolute atomic E-state index is 10.9. The number of hydrogen-bond donors (Lipinski definition) is 2. The highest BCUT2D eigenvalue weighted by Crippen LogP contribution is 2.29. The molecule has 1 atom stereocenters. The summed E-state index contributed by atoms with van der Waals surface area (Å²) in [4.78, 5) is 21.0. The Morgan fingerprint density at radius 1 is 1.65 bits per heavy atom. The van der Waals surface area contributed by atoms with Crippen molar-refractivity contribution in [3.8, 4) is 12.3 Å². The Labute approximate surface area is 97.4 Å². The molecular weight excluding hydrogens is 224 g/mol. The first-order valence-corrected chi connectivity index (χ1v) is 4.70. The summed E-state index contributed by atoms with van der Waals surface area (Å²) in [5.41, 5.74) is -0.758. The van der Waals surface area contributed by atoms with E-state index in [1.807, 2.05) is 0 Å². The van der Waals surface area contributed by atoms with Gasteiger partial charge in [-0.3, -0.25) is 10.1 Å². The zero-order valence-corrected chi connectivity index (χ0v) is 9.01. The molecule has 2 N–H and O–H groups in total. The number of aromatic carboxylic acids is 1. The van der Waals surface area contributed by atoms with E-state index in [1.54, 1.807) is 6.92 Å². The summed E-state index contributed by atoms with van der Waals surface area (Å²) >= 11 is 0. The fourth-order valence-corrected chi connectivity index (χ4v) is 1.30. The van der Waals surface area contributed by atoms with E-state index in [0.717, 1.165) is 0 Å². The molecule has 6 heteroatoms. The Kier molecular flexibility index (Phi) is 3.67. The van der Waals surface area contributed by atoms with Crippen molar-refractivity contribution >= 4 is 17.3 Å². The predicted octanol–water partition coefficient (Wildman–Crippen LogP) is 1.73. The molecule has 6 nitrogen and oxygen atoms in total. The average molecular weight is 234 g/mol. The average Bonchev–Trinajstić information content (AvgIpc) is 2.28. The Bertz CT molecular complexity index is 505. The van der Waals surface area contributed by atoms with Gasteiger partial charge < -0.3 is 10.4 Å². The summed E-state index contributed by atoms with van der Waals surface area (Å²) in [5, 5.41) is 22.4. The van der Waals surface area contributed by atoms with Crippen LogP contribution in [0.4, 0.5) is 11.4 Å². The molecule has 0 aromatic heterocycles. The predicted molar refractivity (Wildman–Crippen MR) is 62.0 cm³/mol. The highest BCUT2D eigenvalue weighted by molar-refractivity contribution is 5.95. The lowest BCUT2D eigenvalue weighted by Crippen LogP contribution is -2.14. The third-order valence-corrected chi connectivity index (χ3v) is 2.07. The van der Waals surface area contributed by atoms with Crippen molar-refractivity contribution in [2.45, 2.75) is 13.0 Å². The van der Waals surface area contributed by atoms with Crippen LogP contribution in [0.25, 0.3) is 0 Å². The standard InChI is InChI=1S/C11H10N2O4/c1-3-7(2)12-9-6-4-5-8(11(14)15)10(9)13(16)17/h1,4-7,12H,2H3,(H,14,15). The molecule has 88 valence electrons. The number of carboxylic acid groups (broad SMARTS) is 1. The molecule has 1 aromatic rings. The van der Waals surface area contributed by atoms with Gasteiger partial charge in [0.15, 0.2) is 0 Å². The van der Waals surface area contributed by atoms with Gasteiger partial charge in [-0.25, -0.2) is 4.79 Å². The Morgan fingerprint density at radius 3 is 2.76 bits per heavy atom. The number of hydrogen-bond acceptors (Lipinski definition) is 4. The maximum Gasteiger partial charge on any atom is 0.342 e. The van der Waals surface area contributed by atoms with Gasteiger partial charge in [0.25, 0.3) is 0 Å². The molecule has 1 rings (SSSR count). The number of rotatable bonds is 4.